The number of nitrogens with zero attached hydrogens (tertiary/aromatic N) is 1. The Morgan fingerprint density at radius 2 is 1.02 bits per heavy atom. The molecule has 0 amide bonds. The smallest absolute Gasteiger partial charge is 0.0458 e. The summed E-state index contributed by atoms with van der Waals surface area (Å²) in [5.41, 5.74) is 15.8. The van der Waals surface area contributed by atoms with Gasteiger partial charge in [-0.05, 0) is 86.8 Å². The normalized spacial score (nSPS) is 22.3. The summed E-state index contributed by atoms with van der Waals surface area (Å²) in [4.78, 5) is 2.50. The van der Waals surface area contributed by atoms with Crippen molar-refractivity contribution in [2.24, 2.45) is 11.8 Å². The molecule has 1 spiro atoms. The molecule has 0 aromatic heterocycles. The average molecular weight is 640 g/mol. The molecule has 0 saturated heterocycles. The van der Waals surface area contributed by atoms with Gasteiger partial charge in [0.1, 0.15) is 0 Å². The highest BCUT2D eigenvalue weighted by molar-refractivity contribution is 5.85. The standard InChI is InChI=1S/C49H37N/c1-3-13-34(14-4-1)36-23-27-38(28-24-36)50(39-29-25-37(26-30-39)35-15-5-2-6-16-35)40-31-32-44-43-19-9-12-22-47(43)49(48(44)33-40)45-20-10-7-17-41(45)42-18-8-11-21-46(42)49/h1-32,41,45,48H,33H2/t41-,45?,48?,49?/m0/s1. The van der Waals surface area contributed by atoms with Gasteiger partial charge >= 0.3 is 0 Å². The quantitative estimate of drug-likeness (QED) is 0.181. The summed E-state index contributed by atoms with van der Waals surface area (Å²) in [6, 6.07) is 58.1. The van der Waals surface area contributed by atoms with Gasteiger partial charge in [0.2, 0.25) is 0 Å². The molecule has 0 heterocycles. The molecule has 1 nitrogen and oxygen atoms in total. The number of hydrogen-bond donors (Lipinski definition) is 0. The largest absolute Gasteiger partial charge is 0.314 e. The number of fused-ring (bicyclic) bond motifs is 10. The summed E-state index contributed by atoms with van der Waals surface area (Å²) in [7, 11) is 0. The number of benzene rings is 6. The van der Waals surface area contributed by atoms with Gasteiger partial charge in [-0.15, -0.1) is 0 Å². The molecule has 1 heteroatoms. The van der Waals surface area contributed by atoms with Gasteiger partial charge in [0.15, 0.2) is 0 Å². The summed E-state index contributed by atoms with van der Waals surface area (Å²) < 4.78 is 0. The van der Waals surface area contributed by atoms with E-state index in [-0.39, 0.29) is 5.41 Å². The molecule has 6 aromatic rings. The summed E-state index contributed by atoms with van der Waals surface area (Å²) in [6.45, 7) is 0. The average Bonchev–Trinajstić information content (AvgIpc) is 3.66. The highest BCUT2D eigenvalue weighted by Gasteiger charge is 2.61. The Morgan fingerprint density at radius 3 is 1.68 bits per heavy atom. The van der Waals surface area contributed by atoms with Gasteiger partial charge in [-0.25, -0.2) is 0 Å². The van der Waals surface area contributed by atoms with Crippen LogP contribution in [0.2, 0.25) is 0 Å². The summed E-state index contributed by atoms with van der Waals surface area (Å²) >= 11 is 0. The predicted octanol–water partition coefficient (Wildman–Crippen LogP) is 12.3. The molecular formula is C49H37N. The van der Waals surface area contributed by atoms with Crippen LogP contribution < -0.4 is 4.90 Å². The lowest BCUT2D eigenvalue weighted by atomic mass is 9.61. The van der Waals surface area contributed by atoms with E-state index >= 15 is 0 Å². The highest BCUT2D eigenvalue weighted by atomic mass is 15.1. The zero-order valence-corrected chi connectivity index (χ0v) is 27.9. The van der Waals surface area contributed by atoms with Crippen LogP contribution >= 0.6 is 0 Å². The van der Waals surface area contributed by atoms with Gasteiger partial charge in [-0.1, -0.05) is 164 Å². The number of rotatable bonds is 5. The van der Waals surface area contributed by atoms with Gasteiger partial charge in [0.05, 0.1) is 0 Å². The second kappa shape index (κ2) is 11.6. The maximum Gasteiger partial charge on any atom is 0.0458 e. The first-order chi connectivity index (χ1) is 24.8. The van der Waals surface area contributed by atoms with Gasteiger partial charge in [-0.3, -0.25) is 0 Å². The Labute approximate surface area is 294 Å². The van der Waals surface area contributed by atoms with Crippen molar-refractivity contribution in [3.05, 3.63) is 222 Å². The zero-order chi connectivity index (χ0) is 33.1. The molecule has 4 aliphatic carbocycles. The Hall–Kier alpha value is -5.92. The Morgan fingerprint density at radius 1 is 0.480 bits per heavy atom. The fourth-order valence-corrected chi connectivity index (χ4v) is 9.60. The van der Waals surface area contributed by atoms with E-state index in [9.17, 15) is 0 Å². The molecule has 0 aliphatic heterocycles. The maximum absolute atomic E-state index is 2.50. The fraction of sp³-hybridized carbons (Fsp3) is 0.102. The second-order valence-corrected chi connectivity index (χ2v) is 14.0. The lowest BCUT2D eigenvalue weighted by Crippen LogP contribution is -2.39. The van der Waals surface area contributed by atoms with E-state index in [1.165, 1.54) is 67.2 Å². The molecule has 0 bridgehead atoms. The topological polar surface area (TPSA) is 3.24 Å². The van der Waals surface area contributed by atoms with Crippen LogP contribution in [0.1, 0.15) is 34.6 Å². The van der Waals surface area contributed by atoms with Crippen LogP contribution in [0.5, 0.6) is 0 Å². The van der Waals surface area contributed by atoms with Crippen molar-refractivity contribution in [2.75, 3.05) is 4.90 Å². The molecule has 50 heavy (non-hydrogen) atoms. The van der Waals surface area contributed by atoms with Crippen molar-refractivity contribution in [2.45, 2.75) is 17.8 Å². The Kier molecular flexibility index (Phi) is 6.74. The van der Waals surface area contributed by atoms with Crippen LogP contribution in [0.3, 0.4) is 0 Å². The maximum atomic E-state index is 2.50. The van der Waals surface area contributed by atoms with Crippen LogP contribution in [-0.2, 0) is 5.41 Å². The molecule has 10 rings (SSSR count). The Balaban J connectivity index is 1.12. The third-order valence-corrected chi connectivity index (χ3v) is 11.7. The first kappa shape index (κ1) is 29.0. The molecule has 4 aliphatic rings. The molecule has 0 fully saturated rings. The predicted molar refractivity (Wildman–Crippen MR) is 208 cm³/mol. The van der Waals surface area contributed by atoms with E-state index in [0.717, 1.165) is 6.42 Å². The SMILES string of the molecule is C1=CC2[C@@H](C=C1)c1ccccc1C21c2ccccc2C2=CC=C(N(c3ccc(-c4ccccc4)cc3)c3ccc(-c4ccccc4)cc3)CC21. The lowest BCUT2D eigenvalue weighted by Gasteiger charge is -2.42. The first-order valence-corrected chi connectivity index (χ1v) is 17.9. The van der Waals surface area contributed by atoms with Crippen molar-refractivity contribution in [3.63, 3.8) is 0 Å². The van der Waals surface area contributed by atoms with Gasteiger partial charge in [0.25, 0.3) is 0 Å². The molecule has 0 N–H and O–H groups in total. The summed E-state index contributed by atoms with van der Waals surface area (Å²) in [5, 5.41) is 0. The third kappa shape index (κ3) is 4.33. The van der Waals surface area contributed by atoms with E-state index in [1.54, 1.807) is 0 Å². The van der Waals surface area contributed by atoms with Crippen molar-refractivity contribution < 1.29 is 0 Å². The lowest BCUT2D eigenvalue weighted by molar-refractivity contribution is 0.319. The minimum atomic E-state index is -0.134. The van der Waals surface area contributed by atoms with Crippen molar-refractivity contribution in [1.82, 2.24) is 0 Å². The molecule has 0 radical (unpaired) electrons. The molecule has 0 saturated carbocycles. The van der Waals surface area contributed by atoms with Crippen LogP contribution in [-0.4, -0.2) is 0 Å². The molecule has 4 atom stereocenters. The highest BCUT2D eigenvalue weighted by Crippen LogP contribution is 2.68. The van der Waals surface area contributed by atoms with Gasteiger partial charge in [-0.2, -0.15) is 0 Å². The van der Waals surface area contributed by atoms with E-state index in [2.05, 4.69) is 199 Å². The molecular weight excluding hydrogens is 603 g/mol. The van der Waals surface area contributed by atoms with Crippen LogP contribution in [0.25, 0.3) is 27.8 Å². The van der Waals surface area contributed by atoms with Crippen molar-refractivity contribution in [3.8, 4) is 22.3 Å². The number of hydrogen-bond acceptors (Lipinski definition) is 1. The van der Waals surface area contributed by atoms with Gasteiger partial charge < -0.3 is 4.90 Å². The minimum absolute atomic E-state index is 0.134. The minimum Gasteiger partial charge on any atom is -0.314 e. The van der Waals surface area contributed by atoms with Gasteiger partial charge in [0, 0.05) is 40.2 Å². The Bertz CT molecular complexity index is 2260. The number of allylic oxidation sites excluding steroid dienone is 8. The van der Waals surface area contributed by atoms with Crippen molar-refractivity contribution in [1.29, 1.82) is 0 Å². The van der Waals surface area contributed by atoms with Crippen LogP contribution in [0.15, 0.2) is 200 Å². The summed E-state index contributed by atoms with van der Waals surface area (Å²) in [5.74, 6) is 1.05. The van der Waals surface area contributed by atoms with E-state index in [1.807, 2.05) is 0 Å². The fourth-order valence-electron chi connectivity index (χ4n) is 9.60. The second-order valence-electron chi connectivity index (χ2n) is 14.0. The van der Waals surface area contributed by atoms with Crippen LogP contribution in [0.4, 0.5) is 11.4 Å². The van der Waals surface area contributed by atoms with Crippen molar-refractivity contribution >= 4 is 16.9 Å². The van der Waals surface area contributed by atoms with Crippen LogP contribution in [0, 0.1) is 11.8 Å². The molecule has 3 unspecified atom stereocenters. The molecule has 238 valence electrons. The first-order valence-electron chi connectivity index (χ1n) is 17.9. The van der Waals surface area contributed by atoms with E-state index in [4.69, 9.17) is 0 Å². The zero-order valence-electron chi connectivity index (χ0n) is 27.9. The van der Waals surface area contributed by atoms with E-state index in [0.29, 0.717) is 17.8 Å². The summed E-state index contributed by atoms with van der Waals surface area (Å²) in [6.07, 6.45) is 15.3. The molecule has 6 aromatic carbocycles. The third-order valence-electron chi connectivity index (χ3n) is 11.7. The number of anilines is 2. The monoisotopic (exact) mass is 639 g/mol. The van der Waals surface area contributed by atoms with E-state index < -0.39 is 0 Å².